The summed E-state index contributed by atoms with van der Waals surface area (Å²) in [4.78, 5) is 35.0. The summed E-state index contributed by atoms with van der Waals surface area (Å²) < 4.78 is 15.0. The smallest absolute Gasteiger partial charge is 0.337 e. The van der Waals surface area contributed by atoms with Gasteiger partial charge in [-0.25, -0.2) is 10.2 Å². The third-order valence-electron chi connectivity index (χ3n) is 3.55. The molecule has 1 aliphatic rings. The predicted molar refractivity (Wildman–Crippen MR) is 94.7 cm³/mol. The average molecular weight is 369 g/mol. The molecule has 0 aliphatic carbocycles. The molecule has 2 aromatic rings. The van der Waals surface area contributed by atoms with Gasteiger partial charge in [-0.2, -0.15) is 5.10 Å². The molecular formula is C18H15N3O6. The quantitative estimate of drug-likeness (QED) is 0.363. The number of ether oxygens (including phenoxy) is 3. The Morgan fingerprint density at radius 2 is 1.78 bits per heavy atom. The zero-order valence-corrected chi connectivity index (χ0v) is 14.2. The van der Waals surface area contributed by atoms with Crippen LogP contribution in [0.5, 0.6) is 11.5 Å². The molecule has 2 amide bonds. The van der Waals surface area contributed by atoms with Crippen LogP contribution in [-0.4, -0.2) is 37.9 Å². The third-order valence-corrected chi connectivity index (χ3v) is 3.55. The van der Waals surface area contributed by atoms with E-state index in [1.54, 1.807) is 42.5 Å². The number of hydrazone groups is 1. The van der Waals surface area contributed by atoms with E-state index in [-0.39, 0.29) is 6.79 Å². The molecule has 2 aromatic carbocycles. The van der Waals surface area contributed by atoms with E-state index in [2.05, 4.69) is 20.6 Å². The highest BCUT2D eigenvalue weighted by molar-refractivity contribution is 6.39. The maximum Gasteiger partial charge on any atom is 0.337 e. The molecule has 3 rings (SSSR count). The van der Waals surface area contributed by atoms with Gasteiger partial charge in [-0.3, -0.25) is 9.59 Å². The molecule has 0 aromatic heterocycles. The predicted octanol–water partition coefficient (Wildman–Crippen LogP) is 1.29. The summed E-state index contributed by atoms with van der Waals surface area (Å²) in [5.74, 6) is -1.21. The summed E-state index contributed by atoms with van der Waals surface area (Å²) in [5.41, 5.74) is 3.53. The van der Waals surface area contributed by atoms with Crippen molar-refractivity contribution < 1.29 is 28.6 Å². The number of anilines is 1. The Hall–Kier alpha value is -3.88. The molecule has 0 spiro atoms. The van der Waals surface area contributed by atoms with Crippen molar-refractivity contribution in [2.45, 2.75) is 0 Å². The van der Waals surface area contributed by atoms with Crippen LogP contribution in [-0.2, 0) is 14.3 Å². The van der Waals surface area contributed by atoms with Gasteiger partial charge in [0, 0.05) is 11.8 Å². The fourth-order valence-corrected chi connectivity index (χ4v) is 2.20. The second-order valence-corrected chi connectivity index (χ2v) is 5.33. The first-order chi connectivity index (χ1) is 13.1. The maximum absolute atomic E-state index is 11.9. The molecule has 2 N–H and O–H groups in total. The van der Waals surface area contributed by atoms with Crippen LogP contribution < -0.4 is 20.2 Å². The molecule has 27 heavy (non-hydrogen) atoms. The second-order valence-electron chi connectivity index (χ2n) is 5.33. The van der Waals surface area contributed by atoms with Gasteiger partial charge in [0.2, 0.25) is 6.79 Å². The molecule has 0 atom stereocenters. The van der Waals surface area contributed by atoms with Gasteiger partial charge in [-0.05, 0) is 29.8 Å². The monoisotopic (exact) mass is 369 g/mol. The summed E-state index contributed by atoms with van der Waals surface area (Å²) in [5, 5.41) is 6.15. The molecule has 9 nitrogen and oxygen atoms in total. The number of methoxy groups -OCH3 is 1. The van der Waals surface area contributed by atoms with Gasteiger partial charge in [-0.1, -0.05) is 12.1 Å². The fourth-order valence-electron chi connectivity index (χ4n) is 2.20. The SMILES string of the molecule is COC(=O)c1ccc(/C=N\NC(=O)C(=O)Nc2ccc3c(c2)OCO3)cc1. The number of benzene rings is 2. The molecule has 0 saturated heterocycles. The molecular weight excluding hydrogens is 354 g/mol. The molecule has 0 unspecified atom stereocenters. The van der Waals surface area contributed by atoms with Crippen molar-refractivity contribution in [2.75, 3.05) is 19.2 Å². The number of nitrogens with zero attached hydrogens (tertiary/aromatic N) is 1. The van der Waals surface area contributed by atoms with Crippen LogP contribution in [0, 0.1) is 0 Å². The second kappa shape index (κ2) is 8.00. The first-order valence-electron chi connectivity index (χ1n) is 7.79. The highest BCUT2D eigenvalue weighted by Crippen LogP contribution is 2.34. The van der Waals surface area contributed by atoms with Gasteiger partial charge in [0.1, 0.15) is 0 Å². The van der Waals surface area contributed by atoms with Gasteiger partial charge in [0.25, 0.3) is 0 Å². The first kappa shape index (κ1) is 17.9. The van der Waals surface area contributed by atoms with Crippen molar-refractivity contribution in [3.05, 3.63) is 53.6 Å². The highest BCUT2D eigenvalue weighted by atomic mass is 16.7. The summed E-state index contributed by atoms with van der Waals surface area (Å²) >= 11 is 0. The number of carbonyl (C=O) groups excluding carboxylic acids is 3. The van der Waals surface area contributed by atoms with Gasteiger partial charge in [0.15, 0.2) is 11.5 Å². The van der Waals surface area contributed by atoms with Crippen molar-refractivity contribution in [2.24, 2.45) is 5.10 Å². The summed E-state index contributed by atoms with van der Waals surface area (Å²) in [6.45, 7) is 0.114. The Bertz CT molecular complexity index is 908. The molecule has 0 fully saturated rings. The van der Waals surface area contributed by atoms with Crippen LogP contribution >= 0.6 is 0 Å². The number of esters is 1. The van der Waals surface area contributed by atoms with E-state index < -0.39 is 17.8 Å². The normalized spacial score (nSPS) is 11.9. The molecule has 1 heterocycles. The summed E-state index contributed by atoms with van der Waals surface area (Å²) in [6, 6.07) is 11.1. The lowest BCUT2D eigenvalue weighted by Crippen LogP contribution is -2.32. The Morgan fingerprint density at radius 1 is 1.04 bits per heavy atom. The molecule has 0 radical (unpaired) electrons. The van der Waals surface area contributed by atoms with E-state index in [1.165, 1.54) is 13.3 Å². The van der Waals surface area contributed by atoms with Crippen LogP contribution in [0.15, 0.2) is 47.6 Å². The molecule has 9 heteroatoms. The molecule has 0 saturated carbocycles. The lowest BCUT2D eigenvalue weighted by atomic mass is 10.1. The van der Waals surface area contributed by atoms with E-state index >= 15 is 0 Å². The minimum atomic E-state index is -0.935. The number of hydrogen-bond donors (Lipinski definition) is 2. The van der Waals surface area contributed by atoms with Crippen molar-refractivity contribution in [3.8, 4) is 11.5 Å². The van der Waals surface area contributed by atoms with Gasteiger partial charge in [0.05, 0.1) is 18.9 Å². The van der Waals surface area contributed by atoms with Crippen LogP contribution in [0.2, 0.25) is 0 Å². The Labute approximate surface area is 153 Å². The summed E-state index contributed by atoms with van der Waals surface area (Å²) in [6.07, 6.45) is 1.34. The highest BCUT2D eigenvalue weighted by Gasteiger charge is 2.17. The van der Waals surface area contributed by atoms with Crippen LogP contribution in [0.3, 0.4) is 0 Å². The first-order valence-corrected chi connectivity index (χ1v) is 7.79. The minimum absolute atomic E-state index is 0.114. The van der Waals surface area contributed by atoms with Crippen LogP contribution in [0.1, 0.15) is 15.9 Å². The Balaban J connectivity index is 1.53. The average Bonchev–Trinajstić information content (AvgIpc) is 3.15. The Morgan fingerprint density at radius 3 is 2.52 bits per heavy atom. The fraction of sp³-hybridized carbons (Fsp3) is 0.111. The van der Waals surface area contributed by atoms with Crippen molar-refractivity contribution in [1.82, 2.24) is 5.43 Å². The number of carbonyl (C=O) groups is 3. The lowest BCUT2D eigenvalue weighted by Gasteiger charge is -2.05. The van der Waals surface area contributed by atoms with E-state index in [1.807, 2.05) is 0 Å². The van der Waals surface area contributed by atoms with Gasteiger partial charge < -0.3 is 19.5 Å². The number of rotatable bonds is 4. The van der Waals surface area contributed by atoms with Crippen molar-refractivity contribution >= 4 is 29.7 Å². The molecule has 138 valence electrons. The van der Waals surface area contributed by atoms with Gasteiger partial charge in [-0.15, -0.1) is 0 Å². The maximum atomic E-state index is 11.9. The largest absolute Gasteiger partial charge is 0.465 e. The number of fused-ring (bicyclic) bond motifs is 1. The minimum Gasteiger partial charge on any atom is -0.465 e. The topological polar surface area (TPSA) is 115 Å². The van der Waals surface area contributed by atoms with E-state index in [9.17, 15) is 14.4 Å². The molecule has 1 aliphatic heterocycles. The number of nitrogens with one attached hydrogen (secondary N) is 2. The summed E-state index contributed by atoms with van der Waals surface area (Å²) in [7, 11) is 1.29. The number of hydrogen-bond acceptors (Lipinski definition) is 7. The number of amides is 2. The zero-order valence-electron chi connectivity index (χ0n) is 14.2. The van der Waals surface area contributed by atoms with Gasteiger partial charge >= 0.3 is 17.8 Å². The Kier molecular flexibility index (Phi) is 5.31. The van der Waals surface area contributed by atoms with Crippen LogP contribution in [0.4, 0.5) is 5.69 Å². The van der Waals surface area contributed by atoms with E-state index in [0.717, 1.165) is 0 Å². The van der Waals surface area contributed by atoms with E-state index in [4.69, 9.17) is 9.47 Å². The lowest BCUT2D eigenvalue weighted by molar-refractivity contribution is -0.136. The molecule has 0 bridgehead atoms. The third kappa shape index (κ3) is 4.40. The standard InChI is InChI=1S/C18H15N3O6/c1-25-18(24)12-4-2-11(3-5-12)9-19-21-17(23)16(22)20-13-6-7-14-15(8-13)27-10-26-14/h2-9H,10H2,1H3,(H,20,22)(H,21,23)/b19-9-. The zero-order chi connectivity index (χ0) is 19.2. The van der Waals surface area contributed by atoms with Crippen molar-refractivity contribution in [3.63, 3.8) is 0 Å². The van der Waals surface area contributed by atoms with Crippen molar-refractivity contribution in [1.29, 1.82) is 0 Å². The van der Waals surface area contributed by atoms with E-state index in [0.29, 0.717) is 28.3 Å². The van der Waals surface area contributed by atoms with Crippen LogP contribution in [0.25, 0.3) is 0 Å².